The summed E-state index contributed by atoms with van der Waals surface area (Å²) in [4.78, 5) is 19.6. The normalized spacial score (nSPS) is 15.8. The summed E-state index contributed by atoms with van der Waals surface area (Å²) in [7, 11) is 0. The zero-order chi connectivity index (χ0) is 32.2. The first-order valence-electron chi connectivity index (χ1n) is 13.8. The van der Waals surface area contributed by atoms with Crippen molar-refractivity contribution in [3.8, 4) is 0 Å². The minimum Gasteiger partial charge on any atom is -0.382 e. The molecule has 1 amide bonds. The summed E-state index contributed by atoms with van der Waals surface area (Å²) in [5.41, 5.74) is -2.18. The van der Waals surface area contributed by atoms with Gasteiger partial charge < -0.3 is 15.3 Å². The van der Waals surface area contributed by atoms with Crippen LogP contribution in [0.25, 0.3) is 6.08 Å². The van der Waals surface area contributed by atoms with Crippen LogP contribution >= 0.6 is 15.9 Å². The molecule has 2 N–H and O–H groups in total. The molecule has 1 saturated heterocycles. The van der Waals surface area contributed by atoms with Crippen LogP contribution in [0.15, 0.2) is 83.9 Å². The Labute approximate surface area is 263 Å². The van der Waals surface area contributed by atoms with Gasteiger partial charge >= 0.3 is 6.18 Å². The van der Waals surface area contributed by atoms with E-state index in [1.807, 2.05) is 0 Å². The second kappa shape index (κ2) is 13.5. The fraction of sp³-hybridized carbons (Fsp3) is 0.258. The fourth-order valence-corrected chi connectivity index (χ4v) is 5.50. The lowest BCUT2D eigenvalue weighted by Gasteiger charge is -2.41. The summed E-state index contributed by atoms with van der Waals surface area (Å²) in [6, 6.07) is 13.7. The maximum absolute atomic E-state index is 14.8. The van der Waals surface area contributed by atoms with Gasteiger partial charge in [0.2, 0.25) is 5.91 Å². The maximum Gasteiger partial charge on any atom is 0.418 e. The van der Waals surface area contributed by atoms with Gasteiger partial charge in [-0.3, -0.25) is 9.69 Å². The van der Waals surface area contributed by atoms with Gasteiger partial charge in [-0.1, -0.05) is 34.1 Å². The van der Waals surface area contributed by atoms with Crippen LogP contribution in [0.4, 0.5) is 33.3 Å². The van der Waals surface area contributed by atoms with Gasteiger partial charge in [0.1, 0.15) is 29.9 Å². The van der Waals surface area contributed by atoms with E-state index in [0.717, 1.165) is 22.2 Å². The van der Waals surface area contributed by atoms with Crippen LogP contribution in [0.2, 0.25) is 0 Å². The second-order valence-corrected chi connectivity index (χ2v) is 11.5. The number of nitrogens with one attached hydrogen (secondary N) is 1. The number of aromatic nitrogens is 3. The number of anilines is 2. The standard InChI is InChI=1S/C31H28BrF5N6O2/c32-22-4-1-21(2-5-22)3-10-29(44)40-24-7-9-28(26(16-24)31(35,36)37)42-13-11-41(12-14-42)17-30(45,18-43-20-38-19-39-43)25-8-6-23(33)15-27(25)34/h1-10,15-16,19-20,45H,11-14,17-18H2,(H,40,44)/b10-3+. The van der Waals surface area contributed by atoms with Crippen molar-refractivity contribution in [2.75, 3.05) is 42.9 Å². The molecular formula is C31H28BrF5N6O2. The average molecular weight is 691 g/mol. The fourth-order valence-electron chi connectivity index (χ4n) is 5.23. The molecule has 1 unspecified atom stereocenters. The number of piperazine rings is 1. The molecule has 45 heavy (non-hydrogen) atoms. The molecule has 1 atom stereocenters. The third-order valence-corrected chi connectivity index (χ3v) is 7.92. The van der Waals surface area contributed by atoms with E-state index in [0.29, 0.717) is 6.07 Å². The van der Waals surface area contributed by atoms with E-state index in [1.54, 1.807) is 40.1 Å². The zero-order valence-electron chi connectivity index (χ0n) is 23.7. The molecule has 0 spiro atoms. The molecule has 1 aliphatic heterocycles. The Hall–Kier alpha value is -4.14. The smallest absolute Gasteiger partial charge is 0.382 e. The van der Waals surface area contributed by atoms with Crippen molar-refractivity contribution in [1.82, 2.24) is 19.7 Å². The largest absolute Gasteiger partial charge is 0.418 e. The lowest BCUT2D eigenvalue weighted by molar-refractivity contribution is -0.137. The van der Waals surface area contributed by atoms with Gasteiger partial charge in [-0.15, -0.1) is 0 Å². The first kappa shape index (κ1) is 32.3. The summed E-state index contributed by atoms with van der Waals surface area (Å²) >= 11 is 3.33. The summed E-state index contributed by atoms with van der Waals surface area (Å²) in [6.45, 7) is 0.581. The van der Waals surface area contributed by atoms with Crippen molar-refractivity contribution >= 4 is 39.3 Å². The Morgan fingerprint density at radius 2 is 1.69 bits per heavy atom. The van der Waals surface area contributed by atoms with Crippen LogP contribution in [0, 0.1) is 11.6 Å². The highest BCUT2D eigenvalue weighted by molar-refractivity contribution is 9.10. The minimum atomic E-state index is -4.70. The highest BCUT2D eigenvalue weighted by atomic mass is 79.9. The van der Waals surface area contributed by atoms with E-state index in [-0.39, 0.29) is 56.2 Å². The van der Waals surface area contributed by atoms with E-state index < -0.39 is 34.9 Å². The number of carbonyl (C=O) groups is 1. The number of β-amino-alcohol motifs (C(OH)–C–C–N with tert-alkyl or cyclic N) is 1. The van der Waals surface area contributed by atoms with Gasteiger partial charge in [-0.2, -0.15) is 18.3 Å². The summed E-state index contributed by atoms with van der Waals surface area (Å²) < 4.78 is 73.2. The van der Waals surface area contributed by atoms with E-state index in [4.69, 9.17) is 0 Å². The number of benzene rings is 3. The van der Waals surface area contributed by atoms with E-state index in [9.17, 15) is 31.9 Å². The molecular weight excluding hydrogens is 663 g/mol. The van der Waals surface area contributed by atoms with Crippen molar-refractivity contribution in [3.63, 3.8) is 0 Å². The molecule has 0 radical (unpaired) electrons. The molecule has 4 aromatic rings. The number of nitrogens with zero attached hydrogens (tertiary/aromatic N) is 5. The van der Waals surface area contributed by atoms with E-state index >= 15 is 0 Å². The molecule has 2 heterocycles. The number of rotatable bonds is 9. The Kier molecular flexibility index (Phi) is 9.65. The van der Waals surface area contributed by atoms with Gasteiger partial charge in [0.25, 0.3) is 0 Å². The topological polar surface area (TPSA) is 86.5 Å². The zero-order valence-corrected chi connectivity index (χ0v) is 25.3. The lowest BCUT2D eigenvalue weighted by atomic mass is 9.92. The molecule has 0 bridgehead atoms. The molecule has 1 fully saturated rings. The Balaban J connectivity index is 1.28. The Morgan fingerprint density at radius 3 is 2.33 bits per heavy atom. The number of aliphatic hydroxyl groups is 1. The third-order valence-electron chi connectivity index (χ3n) is 7.39. The SMILES string of the molecule is O=C(/C=C/c1ccc(Br)cc1)Nc1ccc(N2CCN(CC(O)(Cn3cncn3)c3ccc(F)cc3F)CC2)c(C(F)(F)F)c1. The third kappa shape index (κ3) is 8.12. The summed E-state index contributed by atoms with van der Waals surface area (Å²) in [6.07, 6.45) is 0.714. The molecule has 14 heteroatoms. The Bertz CT molecular complexity index is 1660. The van der Waals surface area contributed by atoms with Crippen molar-refractivity contribution < 1.29 is 31.9 Å². The van der Waals surface area contributed by atoms with Crippen LogP contribution in [0.5, 0.6) is 0 Å². The van der Waals surface area contributed by atoms with Gasteiger partial charge in [0.05, 0.1) is 12.1 Å². The highest BCUT2D eigenvalue weighted by Crippen LogP contribution is 2.39. The number of alkyl halides is 3. The van der Waals surface area contributed by atoms with Crippen LogP contribution in [-0.4, -0.2) is 63.4 Å². The number of carbonyl (C=O) groups excluding carboxylic acids is 1. The molecule has 1 aliphatic rings. The lowest BCUT2D eigenvalue weighted by Crippen LogP contribution is -2.52. The minimum absolute atomic E-state index is 0.00494. The van der Waals surface area contributed by atoms with Crippen LogP contribution in [0.1, 0.15) is 16.7 Å². The molecule has 0 saturated carbocycles. The predicted octanol–water partition coefficient (Wildman–Crippen LogP) is 5.70. The van der Waals surface area contributed by atoms with Crippen molar-refractivity contribution in [2.45, 2.75) is 18.3 Å². The van der Waals surface area contributed by atoms with Crippen LogP contribution < -0.4 is 10.2 Å². The van der Waals surface area contributed by atoms with Crippen LogP contribution in [-0.2, 0) is 23.1 Å². The highest BCUT2D eigenvalue weighted by Gasteiger charge is 2.38. The van der Waals surface area contributed by atoms with Gasteiger partial charge in [0, 0.05) is 66.3 Å². The van der Waals surface area contributed by atoms with Crippen molar-refractivity contribution in [2.24, 2.45) is 0 Å². The first-order valence-corrected chi connectivity index (χ1v) is 14.6. The number of halogens is 6. The Morgan fingerprint density at radius 1 is 0.956 bits per heavy atom. The predicted molar refractivity (Wildman–Crippen MR) is 162 cm³/mol. The molecule has 1 aromatic heterocycles. The van der Waals surface area contributed by atoms with Crippen molar-refractivity contribution in [3.05, 3.63) is 112 Å². The quantitative estimate of drug-likeness (QED) is 0.173. The average Bonchev–Trinajstić information content (AvgIpc) is 3.49. The molecule has 0 aliphatic carbocycles. The van der Waals surface area contributed by atoms with Crippen LogP contribution in [0.3, 0.4) is 0 Å². The summed E-state index contributed by atoms with van der Waals surface area (Å²) in [5, 5.41) is 18.1. The maximum atomic E-state index is 14.8. The molecule has 8 nitrogen and oxygen atoms in total. The number of hydrogen-bond acceptors (Lipinski definition) is 6. The number of hydrogen-bond donors (Lipinski definition) is 2. The number of amides is 1. The van der Waals surface area contributed by atoms with Gasteiger partial charge in [0.15, 0.2) is 0 Å². The van der Waals surface area contributed by atoms with E-state index in [1.165, 1.54) is 41.6 Å². The van der Waals surface area contributed by atoms with Gasteiger partial charge in [-0.05, 0) is 48.0 Å². The first-order chi connectivity index (χ1) is 21.4. The van der Waals surface area contributed by atoms with Gasteiger partial charge in [-0.25, -0.2) is 18.4 Å². The van der Waals surface area contributed by atoms with E-state index in [2.05, 4.69) is 31.3 Å². The molecule has 5 rings (SSSR count). The summed E-state index contributed by atoms with van der Waals surface area (Å²) in [5.74, 6) is -2.30. The van der Waals surface area contributed by atoms with Crippen molar-refractivity contribution in [1.29, 1.82) is 0 Å². The monoisotopic (exact) mass is 690 g/mol. The molecule has 3 aromatic carbocycles. The second-order valence-electron chi connectivity index (χ2n) is 10.6. The molecule has 236 valence electrons.